The summed E-state index contributed by atoms with van der Waals surface area (Å²) in [7, 11) is 0. The van der Waals surface area contributed by atoms with E-state index in [-0.39, 0.29) is 0 Å². The SMILES string of the molecule is C=C1C[C@@H]2[C@H](C1=O)[C@H]1C=C[C@@H]2C1. The van der Waals surface area contributed by atoms with Crippen LogP contribution in [0.4, 0.5) is 0 Å². The summed E-state index contributed by atoms with van der Waals surface area (Å²) < 4.78 is 0. The van der Waals surface area contributed by atoms with Gasteiger partial charge in [0.1, 0.15) is 0 Å². The van der Waals surface area contributed by atoms with E-state index in [1.807, 2.05) is 0 Å². The van der Waals surface area contributed by atoms with Gasteiger partial charge in [0.25, 0.3) is 0 Å². The van der Waals surface area contributed by atoms with Crippen molar-refractivity contribution in [2.75, 3.05) is 0 Å². The van der Waals surface area contributed by atoms with Crippen molar-refractivity contribution >= 4 is 5.78 Å². The summed E-state index contributed by atoms with van der Waals surface area (Å²) in [5.74, 6) is 2.57. The van der Waals surface area contributed by atoms with Crippen LogP contribution < -0.4 is 0 Å². The molecule has 4 atom stereocenters. The minimum Gasteiger partial charge on any atom is -0.294 e. The largest absolute Gasteiger partial charge is 0.294 e. The Bertz CT molecular complexity index is 300. The maximum Gasteiger partial charge on any atom is 0.162 e. The lowest BCUT2D eigenvalue weighted by Gasteiger charge is -2.17. The number of rotatable bonds is 0. The van der Waals surface area contributed by atoms with E-state index in [0.717, 1.165) is 12.0 Å². The summed E-state index contributed by atoms with van der Waals surface area (Å²) in [6.45, 7) is 3.84. The molecule has 0 aliphatic heterocycles. The first-order valence-electron chi connectivity index (χ1n) is 4.67. The Morgan fingerprint density at radius 3 is 2.83 bits per heavy atom. The number of fused-ring (bicyclic) bond motifs is 5. The number of carbonyl (C=O) groups excluding carboxylic acids is 1. The molecule has 0 saturated heterocycles. The van der Waals surface area contributed by atoms with Gasteiger partial charge in [-0.05, 0) is 36.2 Å². The van der Waals surface area contributed by atoms with Gasteiger partial charge >= 0.3 is 0 Å². The summed E-state index contributed by atoms with van der Waals surface area (Å²) in [5.41, 5.74) is 0.878. The molecule has 12 heavy (non-hydrogen) atoms. The molecule has 0 aromatic rings. The van der Waals surface area contributed by atoms with Gasteiger partial charge in [-0.15, -0.1) is 0 Å². The van der Waals surface area contributed by atoms with Crippen LogP contribution in [-0.4, -0.2) is 5.78 Å². The molecule has 0 heterocycles. The fourth-order valence-corrected chi connectivity index (χ4v) is 3.21. The fraction of sp³-hybridized carbons (Fsp3) is 0.545. The molecule has 0 aromatic heterocycles. The molecule has 0 spiro atoms. The zero-order chi connectivity index (χ0) is 8.29. The van der Waals surface area contributed by atoms with Gasteiger partial charge in [0.2, 0.25) is 0 Å². The highest BCUT2D eigenvalue weighted by atomic mass is 16.1. The molecular formula is C11H12O. The Kier molecular flexibility index (Phi) is 1.05. The minimum absolute atomic E-state index is 0.326. The Morgan fingerprint density at radius 1 is 1.33 bits per heavy atom. The number of Topliss-reactive ketones (excluding diaryl/α,β-unsaturated/α-hetero) is 1. The second kappa shape index (κ2) is 1.90. The highest BCUT2D eigenvalue weighted by molar-refractivity contribution is 6.00. The zero-order valence-electron chi connectivity index (χ0n) is 6.99. The smallest absolute Gasteiger partial charge is 0.162 e. The summed E-state index contributed by atoms with van der Waals surface area (Å²) in [6.07, 6.45) is 6.74. The van der Waals surface area contributed by atoms with Gasteiger partial charge in [-0.1, -0.05) is 18.7 Å². The van der Waals surface area contributed by atoms with E-state index in [0.29, 0.717) is 29.5 Å². The summed E-state index contributed by atoms with van der Waals surface area (Å²) in [6, 6.07) is 0. The molecule has 0 aromatic carbocycles. The second-order valence-electron chi connectivity index (χ2n) is 4.31. The lowest BCUT2D eigenvalue weighted by Crippen LogP contribution is -2.19. The van der Waals surface area contributed by atoms with E-state index in [4.69, 9.17) is 0 Å². The quantitative estimate of drug-likeness (QED) is 0.391. The maximum absolute atomic E-state index is 11.6. The molecule has 2 saturated carbocycles. The van der Waals surface area contributed by atoms with Crippen molar-refractivity contribution in [3.05, 3.63) is 24.3 Å². The summed E-state index contributed by atoms with van der Waals surface area (Å²) in [4.78, 5) is 11.6. The monoisotopic (exact) mass is 160 g/mol. The molecular weight excluding hydrogens is 148 g/mol. The van der Waals surface area contributed by atoms with Gasteiger partial charge in [0.15, 0.2) is 5.78 Å². The molecule has 0 unspecified atom stereocenters. The van der Waals surface area contributed by atoms with Crippen molar-refractivity contribution in [2.24, 2.45) is 23.7 Å². The van der Waals surface area contributed by atoms with E-state index in [9.17, 15) is 4.79 Å². The Balaban J connectivity index is 2.05. The van der Waals surface area contributed by atoms with Crippen molar-refractivity contribution in [3.63, 3.8) is 0 Å². The van der Waals surface area contributed by atoms with Crippen molar-refractivity contribution in [1.29, 1.82) is 0 Å². The molecule has 0 amide bonds. The van der Waals surface area contributed by atoms with Gasteiger partial charge in [0.05, 0.1) is 0 Å². The van der Waals surface area contributed by atoms with Crippen LogP contribution in [0.3, 0.4) is 0 Å². The minimum atomic E-state index is 0.326. The van der Waals surface area contributed by atoms with Crippen LogP contribution in [-0.2, 0) is 4.79 Å². The van der Waals surface area contributed by atoms with Gasteiger partial charge in [-0.25, -0.2) is 0 Å². The average Bonchev–Trinajstić information content (AvgIpc) is 2.66. The van der Waals surface area contributed by atoms with Crippen LogP contribution in [0.15, 0.2) is 24.3 Å². The fourth-order valence-electron chi connectivity index (χ4n) is 3.21. The Labute approximate surface area is 72.2 Å². The number of carbonyl (C=O) groups is 1. The molecule has 2 bridgehead atoms. The van der Waals surface area contributed by atoms with Gasteiger partial charge in [-0.3, -0.25) is 4.79 Å². The van der Waals surface area contributed by atoms with Crippen molar-refractivity contribution in [1.82, 2.24) is 0 Å². The first-order chi connectivity index (χ1) is 5.77. The number of ketones is 1. The highest BCUT2D eigenvalue weighted by Crippen LogP contribution is 2.54. The molecule has 1 heteroatoms. The molecule has 3 aliphatic rings. The van der Waals surface area contributed by atoms with E-state index in [2.05, 4.69) is 18.7 Å². The first-order valence-corrected chi connectivity index (χ1v) is 4.67. The topological polar surface area (TPSA) is 17.1 Å². The molecule has 1 nitrogen and oxygen atoms in total. The number of allylic oxidation sites excluding steroid dienone is 3. The van der Waals surface area contributed by atoms with E-state index in [1.165, 1.54) is 6.42 Å². The Morgan fingerprint density at radius 2 is 2.08 bits per heavy atom. The molecule has 2 fully saturated rings. The molecule has 0 N–H and O–H groups in total. The van der Waals surface area contributed by atoms with Crippen molar-refractivity contribution in [3.8, 4) is 0 Å². The number of hydrogen-bond donors (Lipinski definition) is 0. The lowest BCUT2D eigenvalue weighted by molar-refractivity contribution is -0.118. The van der Waals surface area contributed by atoms with E-state index in [1.54, 1.807) is 0 Å². The third-order valence-corrected chi connectivity index (χ3v) is 3.76. The predicted molar refractivity (Wildman–Crippen MR) is 46.5 cm³/mol. The van der Waals surface area contributed by atoms with Crippen LogP contribution in [0.1, 0.15) is 12.8 Å². The van der Waals surface area contributed by atoms with E-state index >= 15 is 0 Å². The second-order valence-corrected chi connectivity index (χ2v) is 4.31. The third-order valence-electron chi connectivity index (χ3n) is 3.76. The molecule has 0 radical (unpaired) electrons. The first kappa shape index (κ1) is 6.64. The Hall–Kier alpha value is -0.850. The zero-order valence-corrected chi connectivity index (χ0v) is 6.99. The molecule has 3 rings (SSSR count). The van der Waals surface area contributed by atoms with Crippen LogP contribution in [0, 0.1) is 23.7 Å². The highest BCUT2D eigenvalue weighted by Gasteiger charge is 2.52. The van der Waals surface area contributed by atoms with Crippen LogP contribution in [0.5, 0.6) is 0 Å². The van der Waals surface area contributed by atoms with Crippen molar-refractivity contribution in [2.45, 2.75) is 12.8 Å². The molecule has 62 valence electrons. The molecule has 3 aliphatic carbocycles. The number of hydrogen-bond acceptors (Lipinski definition) is 1. The predicted octanol–water partition coefficient (Wildman–Crippen LogP) is 1.95. The van der Waals surface area contributed by atoms with Gasteiger partial charge in [-0.2, -0.15) is 0 Å². The van der Waals surface area contributed by atoms with Gasteiger partial charge in [0, 0.05) is 5.92 Å². The summed E-state index contributed by atoms with van der Waals surface area (Å²) in [5, 5.41) is 0. The average molecular weight is 160 g/mol. The van der Waals surface area contributed by atoms with Crippen LogP contribution in [0.25, 0.3) is 0 Å². The normalized spacial score (nSPS) is 49.0. The van der Waals surface area contributed by atoms with Crippen LogP contribution >= 0.6 is 0 Å². The standard InChI is InChI=1S/C11H12O/c1-6-4-9-7-2-3-8(5-7)10(9)11(6)12/h2-3,7-10H,1,4-5H2/t7-,8+,9+,10-/m1/s1. The van der Waals surface area contributed by atoms with Crippen LogP contribution in [0.2, 0.25) is 0 Å². The van der Waals surface area contributed by atoms with Crippen molar-refractivity contribution < 1.29 is 4.79 Å². The maximum atomic E-state index is 11.6. The third kappa shape index (κ3) is 0.588. The van der Waals surface area contributed by atoms with E-state index < -0.39 is 0 Å². The summed E-state index contributed by atoms with van der Waals surface area (Å²) >= 11 is 0. The lowest BCUT2D eigenvalue weighted by atomic mass is 9.86. The van der Waals surface area contributed by atoms with Gasteiger partial charge < -0.3 is 0 Å².